The van der Waals surface area contributed by atoms with Gasteiger partial charge < -0.3 is 14.5 Å². The van der Waals surface area contributed by atoms with Crippen LogP contribution in [0.5, 0.6) is 11.5 Å². The molecule has 3 heterocycles. The van der Waals surface area contributed by atoms with Crippen molar-refractivity contribution in [3.05, 3.63) is 215 Å². The molecule has 0 fully saturated rings. The van der Waals surface area contributed by atoms with E-state index in [1.165, 1.54) is 33.4 Å². The fourth-order valence-corrected chi connectivity index (χ4v) is 12.6. The van der Waals surface area contributed by atoms with E-state index in [1.54, 1.807) is 30.5 Å². The Hall–Kier alpha value is -7.89. The summed E-state index contributed by atoms with van der Waals surface area (Å²) in [6.45, 7) is 25.4. The second kappa shape index (κ2) is 19.4. The highest BCUT2D eigenvalue weighted by atomic mass is 16.5. The molecule has 10 aromatic rings. The molecule has 81 heavy (non-hydrogen) atoms. The van der Waals surface area contributed by atoms with Gasteiger partial charge in [0.2, 0.25) is 0 Å². The molecule has 1 aliphatic heterocycles. The predicted molar refractivity (Wildman–Crippen MR) is 344 cm³/mol. The predicted octanol–water partition coefficient (Wildman–Crippen LogP) is 21.1. The number of aryl methyl sites for hydroxylation is 2. The largest absolute Gasteiger partial charge is 0.457 e. The first-order chi connectivity index (χ1) is 40.8. The van der Waals surface area contributed by atoms with Crippen LogP contribution in [0, 0.1) is 13.7 Å². The second-order valence-corrected chi connectivity index (χ2v) is 27.3. The Labute approximate surface area is 490 Å². The molecule has 410 valence electrons. The molecule has 0 amide bonds. The Bertz CT molecular complexity index is 4300. The van der Waals surface area contributed by atoms with Gasteiger partial charge in [0.15, 0.2) is 0 Å². The molecule has 5 heteroatoms. The van der Waals surface area contributed by atoms with Crippen LogP contribution < -0.4 is 14.5 Å². The number of fused-ring (bicyclic) bond motifs is 5. The maximum Gasteiger partial charge on any atom is 0.137 e. The quantitative estimate of drug-likeness (QED) is 0.152. The Morgan fingerprint density at radius 2 is 1.14 bits per heavy atom. The zero-order chi connectivity index (χ0) is 62.1. The Morgan fingerprint density at radius 1 is 0.494 bits per heavy atom. The van der Waals surface area contributed by atoms with Crippen LogP contribution in [0.1, 0.15) is 150 Å². The molecule has 8 aromatic carbocycles. The SMILES string of the molecule is [2H]C([2H])([2H])c1ccc2c(c1)c1ccc(Oc3cccc(N4CN(c5c(-c6ccccc6)cc(C(C)(C)C)cc5-c5cc(C(C)(C)C)cc(C(C)(C)C)c5)c5ccccc54)c3)cc1n2-c1cc(C([2H])([2H])[2H])c(-c2cccc3c2C(C)(C)CCC3(C)C)cn1. The summed E-state index contributed by atoms with van der Waals surface area (Å²) < 4.78 is 61.1. The van der Waals surface area contributed by atoms with Gasteiger partial charge in [-0.25, -0.2) is 4.98 Å². The van der Waals surface area contributed by atoms with Crippen molar-refractivity contribution >= 4 is 44.6 Å². The molecular weight excluding hydrogens is 985 g/mol. The first-order valence-electron chi connectivity index (χ1n) is 31.8. The number of para-hydroxylation sites is 2. The minimum atomic E-state index is -2.50. The number of pyridine rings is 1. The molecule has 0 saturated heterocycles. The summed E-state index contributed by atoms with van der Waals surface area (Å²) in [5, 5.41) is 1.48. The van der Waals surface area contributed by atoms with Crippen LogP contribution in [-0.2, 0) is 27.1 Å². The number of rotatable bonds is 8. The number of hydrogen-bond acceptors (Lipinski definition) is 4. The third kappa shape index (κ3) is 9.70. The third-order valence-electron chi connectivity index (χ3n) is 17.4. The van der Waals surface area contributed by atoms with Crippen molar-refractivity contribution in [1.82, 2.24) is 9.55 Å². The Balaban J connectivity index is 0.972. The molecule has 0 radical (unpaired) electrons. The fourth-order valence-electron chi connectivity index (χ4n) is 12.6. The van der Waals surface area contributed by atoms with E-state index >= 15 is 0 Å². The molecule has 0 spiro atoms. The number of nitrogens with zero attached hydrogens (tertiary/aromatic N) is 4. The van der Waals surface area contributed by atoms with Crippen LogP contribution in [0.15, 0.2) is 176 Å². The lowest BCUT2D eigenvalue weighted by atomic mass is 9.61. The van der Waals surface area contributed by atoms with Gasteiger partial charge in [0.25, 0.3) is 0 Å². The van der Waals surface area contributed by atoms with Gasteiger partial charge in [-0.1, -0.05) is 187 Å². The van der Waals surface area contributed by atoms with E-state index in [2.05, 4.69) is 203 Å². The highest BCUT2D eigenvalue weighted by Crippen LogP contribution is 2.53. The zero-order valence-electron chi connectivity index (χ0n) is 55.6. The van der Waals surface area contributed by atoms with Crippen LogP contribution in [0.4, 0.5) is 22.7 Å². The van der Waals surface area contributed by atoms with E-state index in [0.29, 0.717) is 46.0 Å². The summed E-state index contributed by atoms with van der Waals surface area (Å²) in [6.07, 6.45) is 3.71. The van der Waals surface area contributed by atoms with Crippen molar-refractivity contribution in [2.75, 3.05) is 16.5 Å². The highest BCUT2D eigenvalue weighted by Gasteiger charge is 2.39. The van der Waals surface area contributed by atoms with Gasteiger partial charge in [-0.15, -0.1) is 0 Å². The molecule has 5 nitrogen and oxygen atoms in total. The standard InChI is InChI=1S/C76H80N4O/c1-48-31-34-65-62(37-48)58-33-32-57(45-68(58)80(65)69-38-49(2)63(46-77-69)59-27-22-28-64-70(59)76(14,15)36-35-75(64,12)13)81-56-26-21-25-55(44-56)78-47-79(67-30-20-19-29-66(67)78)71-60(50-23-17-16-18-24-50)42-54(74(9,10)11)43-61(71)51-39-52(72(3,4)5)41-53(40-51)73(6,7)8/h16-34,37-46H,35-36,47H2,1-15H3/i1D3,2D3. The van der Waals surface area contributed by atoms with Crippen molar-refractivity contribution in [3.63, 3.8) is 0 Å². The summed E-state index contributed by atoms with van der Waals surface area (Å²) >= 11 is 0. The number of benzene rings is 8. The summed E-state index contributed by atoms with van der Waals surface area (Å²) in [4.78, 5) is 9.98. The second-order valence-electron chi connectivity index (χ2n) is 27.3. The van der Waals surface area contributed by atoms with Crippen LogP contribution in [0.25, 0.3) is 61.0 Å². The van der Waals surface area contributed by atoms with Gasteiger partial charge in [-0.05, 0) is 170 Å². The number of aromatic nitrogens is 2. The lowest BCUT2D eigenvalue weighted by molar-refractivity contribution is 0.333. The monoisotopic (exact) mass is 1070 g/mol. The lowest BCUT2D eigenvalue weighted by Crippen LogP contribution is -2.34. The Kier molecular flexibility index (Phi) is 11.2. The summed E-state index contributed by atoms with van der Waals surface area (Å²) in [7, 11) is 0. The van der Waals surface area contributed by atoms with Gasteiger partial charge >= 0.3 is 0 Å². The zero-order valence-corrected chi connectivity index (χ0v) is 49.6. The van der Waals surface area contributed by atoms with E-state index in [9.17, 15) is 0 Å². The number of ether oxygens (including phenoxy) is 1. The van der Waals surface area contributed by atoms with Crippen LogP contribution in [0.3, 0.4) is 0 Å². The van der Waals surface area contributed by atoms with Gasteiger partial charge in [0.1, 0.15) is 24.0 Å². The molecule has 12 rings (SSSR count). The maximum absolute atomic E-state index is 9.04. The maximum atomic E-state index is 9.04. The topological polar surface area (TPSA) is 33.5 Å². The third-order valence-corrected chi connectivity index (χ3v) is 17.4. The number of anilines is 4. The summed E-state index contributed by atoms with van der Waals surface area (Å²) in [5.41, 5.74) is 17.8. The molecule has 0 saturated carbocycles. The van der Waals surface area contributed by atoms with Crippen LogP contribution >= 0.6 is 0 Å². The van der Waals surface area contributed by atoms with Gasteiger partial charge in [0, 0.05) is 59.7 Å². The summed E-state index contributed by atoms with van der Waals surface area (Å²) in [5.74, 6) is 1.56. The molecule has 1 aliphatic carbocycles. The van der Waals surface area contributed by atoms with Crippen molar-refractivity contribution in [1.29, 1.82) is 0 Å². The minimum absolute atomic E-state index is 0.0823. The average Bonchev–Trinajstić information content (AvgIpc) is 1.79. The first kappa shape index (κ1) is 46.8. The highest BCUT2D eigenvalue weighted by molar-refractivity contribution is 6.10. The summed E-state index contributed by atoms with van der Waals surface area (Å²) in [6, 6.07) is 58.7. The van der Waals surface area contributed by atoms with Crippen molar-refractivity contribution in [2.45, 2.75) is 144 Å². The van der Waals surface area contributed by atoms with Crippen LogP contribution in [-0.4, -0.2) is 16.2 Å². The first-order valence-corrected chi connectivity index (χ1v) is 28.8. The van der Waals surface area contributed by atoms with Gasteiger partial charge in [-0.2, -0.15) is 0 Å². The molecule has 2 aromatic heterocycles. The van der Waals surface area contributed by atoms with Crippen molar-refractivity contribution in [3.8, 4) is 50.7 Å². The van der Waals surface area contributed by atoms with Gasteiger partial charge in [0.05, 0.1) is 28.1 Å². The lowest BCUT2D eigenvalue weighted by Gasteiger charge is -2.43. The van der Waals surface area contributed by atoms with E-state index in [1.807, 2.05) is 47.0 Å². The van der Waals surface area contributed by atoms with E-state index < -0.39 is 13.7 Å². The molecule has 0 bridgehead atoms. The normalized spacial score (nSPS) is 16.5. The Morgan fingerprint density at radius 3 is 1.83 bits per heavy atom. The van der Waals surface area contributed by atoms with Crippen molar-refractivity contribution < 1.29 is 13.0 Å². The van der Waals surface area contributed by atoms with E-state index in [-0.39, 0.29) is 38.2 Å². The average molecular weight is 1070 g/mol. The van der Waals surface area contributed by atoms with Crippen molar-refractivity contribution in [2.24, 2.45) is 0 Å². The molecular formula is C76H80N4O. The molecule has 0 N–H and O–H groups in total. The molecule has 0 atom stereocenters. The van der Waals surface area contributed by atoms with E-state index in [4.69, 9.17) is 17.9 Å². The van der Waals surface area contributed by atoms with Crippen LogP contribution in [0.2, 0.25) is 0 Å². The smallest absolute Gasteiger partial charge is 0.137 e. The molecule has 0 unspecified atom stereocenters. The minimum Gasteiger partial charge on any atom is -0.457 e. The van der Waals surface area contributed by atoms with E-state index in [0.717, 1.165) is 63.2 Å². The number of hydrogen-bond donors (Lipinski definition) is 0. The molecule has 2 aliphatic rings. The fraction of sp³-hybridized carbons (Fsp3) is 0.303. The van der Waals surface area contributed by atoms with Gasteiger partial charge in [-0.3, -0.25) is 4.57 Å².